The van der Waals surface area contributed by atoms with E-state index in [1.165, 1.54) is 25.3 Å². The van der Waals surface area contributed by atoms with Gasteiger partial charge in [0, 0.05) is 11.6 Å². The number of anilines is 1. The lowest BCUT2D eigenvalue weighted by atomic mass is 10.1. The van der Waals surface area contributed by atoms with Crippen LogP contribution in [0.1, 0.15) is 35.2 Å². The van der Waals surface area contributed by atoms with Crippen molar-refractivity contribution in [2.24, 2.45) is 17.8 Å². The molecule has 2 saturated carbocycles. The van der Waals surface area contributed by atoms with Crippen molar-refractivity contribution < 1.29 is 14.7 Å². The van der Waals surface area contributed by atoms with Gasteiger partial charge in [-0.05, 0) is 55.4 Å². The normalized spacial score (nSPS) is 27.7. The molecule has 3 rings (SSSR count). The standard InChI is InChI=1S/C15H17NO3/c1-8-7-9(15(18)19)5-6-12(8)16-14(17)13-10-3-2-4-11(10)13/h5-7,10-11,13H,2-4H2,1H3,(H,16,17)(H,18,19). The molecule has 1 amide bonds. The maximum absolute atomic E-state index is 12.1. The Morgan fingerprint density at radius 2 is 1.95 bits per heavy atom. The summed E-state index contributed by atoms with van der Waals surface area (Å²) in [6.07, 6.45) is 3.62. The lowest BCUT2D eigenvalue weighted by Gasteiger charge is -2.10. The molecule has 2 aliphatic rings. The van der Waals surface area contributed by atoms with Gasteiger partial charge in [0.2, 0.25) is 5.91 Å². The van der Waals surface area contributed by atoms with E-state index in [4.69, 9.17) is 5.11 Å². The van der Waals surface area contributed by atoms with E-state index in [1.54, 1.807) is 12.1 Å². The summed E-state index contributed by atoms with van der Waals surface area (Å²) in [6.45, 7) is 1.82. The summed E-state index contributed by atoms with van der Waals surface area (Å²) in [6, 6.07) is 4.79. The molecule has 2 unspecified atom stereocenters. The summed E-state index contributed by atoms with van der Waals surface area (Å²) in [5.41, 5.74) is 1.76. The van der Waals surface area contributed by atoms with Gasteiger partial charge in [0.25, 0.3) is 0 Å². The molecule has 0 radical (unpaired) electrons. The highest BCUT2D eigenvalue weighted by Crippen LogP contribution is 2.57. The van der Waals surface area contributed by atoms with Gasteiger partial charge in [0.15, 0.2) is 0 Å². The third-order valence-electron chi connectivity index (χ3n) is 4.44. The Morgan fingerprint density at radius 3 is 2.53 bits per heavy atom. The van der Waals surface area contributed by atoms with E-state index in [-0.39, 0.29) is 17.4 Å². The van der Waals surface area contributed by atoms with Crippen LogP contribution in [-0.4, -0.2) is 17.0 Å². The molecule has 0 spiro atoms. The van der Waals surface area contributed by atoms with Crippen molar-refractivity contribution in [2.45, 2.75) is 26.2 Å². The van der Waals surface area contributed by atoms with Gasteiger partial charge in [0.1, 0.15) is 0 Å². The van der Waals surface area contributed by atoms with E-state index in [2.05, 4.69) is 5.32 Å². The second-order valence-corrected chi connectivity index (χ2v) is 5.61. The van der Waals surface area contributed by atoms with Crippen LogP contribution in [-0.2, 0) is 4.79 Å². The maximum atomic E-state index is 12.1. The third kappa shape index (κ3) is 2.11. The van der Waals surface area contributed by atoms with Crippen LogP contribution < -0.4 is 5.32 Å². The summed E-state index contributed by atoms with van der Waals surface area (Å²) in [4.78, 5) is 23.0. The summed E-state index contributed by atoms with van der Waals surface area (Å²) in [5, 5.41) is 11.8. The minimum atomic E-state index is -0.947. The first-order valence-electron chi connectivity index (χ1n) is 6.73. The van der Waals surface area contributed by atoms with Crippen molar-refractivity contribution in [3.05, 3.63) is 29.3 Å². The van der Waals surface area contributed by atoms with Crippen molar-refractivity contribution in [1.82, 2.24) is 0 Å². The molecule has 2 N–H and O–H groups in total. The molecule has 0 saturated heterocycles. The Labute approximate surface area is 111 Å². The van der Waals surface area contributed by atoms with Crippen LogP contribution in [0.4, 0.5) is 5.69 Å². The smallest absolute Gasteiger partial charge is 0.335 e. The molecule has 0 aromatic heterocycles. The molecule has 2 fully saturated rings. The first-order valence-corrected chi connectivity index (χ1v) is 6.73. The number of nitrogens with one attached hydrogen (secondary N) is 1. The summed E-state index contributed by atoms with van der Waals surface area (Å²) < 4.78 is 0. The number of hydrogen-bond acceptors (Lipinski definition) is 2. The Hall–Kier alpha value is -1.84. The average molecular weight is 259 g/mol. The molecule has 1 aromatic carbocycles. The zero-order valence-corrected chi connectivity index (χ0v) is 10.8. The van der Waals surface area contributed by atoms with Crippen LogP contribution >= 0.6 is 0 Å². The van der Waals surface area contributed by atoms with Crippen molar-refractivity contribution in [1.29, 1.82) is 0 Å². The number of carboxylic acids is 1. The Kier molecular flexibility index (Phi) is 2.81. The van der Waals surface area contributed by atoms with Gasteiger partial charge in [-0.1, -0.05) is 6.42 Å². The van der Waals surface area contributed by atoms with Gasteiger partial charge in [-0.3, -0.25) is 4.79 Å². The highest BCUT2D eigenvalue weighted by Gasteiger charge is 2.56. The van der Waals surface area contributed by atoms with E-state index in [9.17, 15) is 9.59 Å². The van der Waals surface area contributed by atoms with E-state index < -0.39 is 5.97 Å². The van der Waals surface area contributed by atoms with Gasteiger partial charge in [-0.15, -0.1) is 0 Å². The van der Waals surface area contributed by atoms with E-state index in [0.717, 1.165) is 11.3 Å². The number of amides is 1. The Bertz CT molecular complexity index is 542. The number of rotatable bonds is 3. The van der Waals surface area contributed by atoms with Crippen LogP contribution in [0.2, 0.25) is 0 Å². The SMILES string of the molecule is Cc1cc(C(=O)O)ccc1NC(=O)C1C2CCCC21. The largest absolute Gasteiger partial charge is 0.478 e. The zero-order chi connectivity index (χ0) is 13.6. The Balaban J connectivity index is 1.70. The topological polar surface area (TPSA) is 66.4 Å². The Morgan fingerprint density at radius 1 is 1.26 bits per heavy atom. The van der Waals surface area contributed by atoms with Crippen LogP contribution in [0.5, 0.6) is 0 Å². The number of fused-ring (bicyclic) bond motifs is 1. The minimum Gasteiger partial charge on any atom is -0.478 e. The summed E-state index contributed by atoms with van der Waals surface area (Å²) in [7, 11) is 0. The number of carboxylic acid groups (broad SMARTS) is 1. The lowest BCUT2D eigenvalue weighted by molar-refractivity contribution is -0.118. The molecule has 0 aliphatic heterocycles. The zero-order valence-electron chi connectivity index (χ0n) is 10.8. The van der Waals surface area contributed by atoms with Gasteiger partial charge in [0.05, 0.1) is 5.56 Å². The van der Waals surface area contributed by atoms with E-state index in [1.807, 2.05) is 6.92 Å². The van der Waals surface area contributed by atoms with Gasteiger partial charge in [-0.25, -0.2) is 4.79 Å². The van der Waals surface area contributed by atoms with Crippen LogP contribution in [0.3, 0.4) is 0 Å². The van der Waals surface area contributed by atoms with E-state index in [0.29, 0.717) is 11.8 Å². The molecular weight excluding hydrogens is 242 g/mol. The van der Waals surface area contributed by atoms with Gasteiger partial charge in [-0.2, -0.15) is 0 Å². The van der Waals surface area contributed by atoms with Crippen molar-refractivity contribution in [3.63, 3.8) is 0 Å². The van der Waals surface area contributed by atoms with E-state index >= 15 is 0 Å². The predicted octanol–water partition coefficient (Wildman–Crippen LogP) is 2.68. The summed E-state index contributed by atoms with van der Waals surface area (Å²) >= 11 is 0. The monoisotopic (exact) mass is 259 g/mol. The summed E-state index contributed by atoms with van der Waals surface area (Å²) in [5.74, 6) is 0.531. The number of aromatic carboxylic acids is 1. The van der Waals surface area contributed by atoms with Crippen molar-refractivity contribution >= 4 is 17.6 Å². The van der Waals surface area contributed by atoms with Crippen molar-refractivity contribution in [3.8, 4) is 0 Å². The fraction of sp³-hybridized carbons (Fsp3) is 0.467. The fourth-order valence-corrected chi connectivity index (χ4v) is 3.36. The molecule has 0 bridgehead atoms. The molecular formula is C15H17NO3. The number of benzene rings is 1. The molecule has 2 aliphatic carbocycles. The fourth-order valence-electron chi connectivity index (χ4n) is 3.36. The molecule has 4 nitrogen and oxygen atoms in total. The highest BCUT2D eigenvalue weighted by molar-refractivity contribution is 5.96. The maximum Gasteiger partial charge on any atom is 0.335 e. The molecule has 100 valence electrons. The first kappa shape index (κ1) is 12.2. The quantitative estimate of drug-likeness (QED) is 0.877. The number of hydrogen-bond donors (Lipinski definition) is 2. The van der Waals surface area contributed by atoms with Gasteiger partial charge < -0.3 is 10.4 Å². The van der Waals surface area contributed by atoms with Crippen LogP contribution in [0.15, 0.2) is 18.2 Å². The number of aryl methyl sites for hydroxylation is 1. The van der Waals surface area contributed by atoms with Crippen LogP contribution in [0.25, 0.3) is 0 Å². The second kappa shape index (κ2) is 4.37. The van der Waals surface area contributed by atoms with Crippen molar-refractivity contribution in [2.75, 3.05) is 5.32 Å². The molecule has 0 heterocycles. The predicted molar refractivity (Wildman–Crippen MR) is 71.1 cm³/mol. The minimum absolute atomic E-state index is 0.0980. The average Bonchev–Trinajstić information content (AvgIpc) is 2.85. The lowest BCUT2D eigenvalue weighted by Crippen LogP contribution is -2.17. The molecule has 4 heteroatoms. The molecule has 19 heavy (non-hydrogen) atoms. The number of carbonyl (C=O) groups excluding carboxylic acids is 1. The second-order valence-electron chi connectivity index (χ2n) is 5.61. The highest BCUT2D eigenvalue weighted by atomic mass is 16.4. The first-order chi connectivity index (χ1) is 9.08. The number of carbonyl (C=O) groups is 2. The van der Waals surface area contributed by atoms with Crippen LogP contribution in [0, 0.1) is 24.7 Å². The third-order valence-corrected chi connectivity index (χ3v) is 4.44. The van der Waals surface area contributed by atoms with Gasteiger partial charge >= 0.3 is 5.97 Å². The molecule has 2 atom stereocenters. The molecule has 1 aromatic rings.